The summed E-state index contributed by atoms with van der Waals surface area (Å²) in [7, 11) is 0. The maximum absolute atomic E-state index is 15.0. The topological polar surface area (TPSA) is 90.4 Å². The van der Waals surface area contributed by atoms with Crippen LogP contribution in [0.2, 0.25) is 0 Å². The van der Waals surface area contributed by atoms with Gasteiger partial charge in [0.15, 0.2) is 17.3 Å². The van der Waals surface area contributed by atoms with Crippen LogP contribution in [-0.2, 0) is 0 Å². The summed E-state index contributed by atoms with van der Waals surface area (Å²) in [6.45, 7) is 4.84. The number of aryl methyl sites for hydroxylation is 1. The normalized spacial score (nSPS) is 14.6. The van der Waals surface area contributed by atoms with Crippen molar-refractivity contribution in [2.45, 2.75) is 6.92 Å². The van der Waals surface area contributed by atoms with E-state index in [1.165, 1.54) is 16.7 Å². The quantitative estimate of drug-likeness (QED) is 0.482. The summed E-state index contributed by atoms with van der Waals surface area (Å²) >= 11 is 0. The van der Waals surface area contributed by atoms with E-state index in [-0.39, 0.29) is 16.9 Å². The first kappa shape index (κ1) is 18.5. The van der Waals surface area contributed by atoms with E-state index in [1.807, 2.05) is 0 Å². The Hall–Kier alpha value is -3.53. The molecule has 3 aromatic heterocycles. The van der Waals surface area contributed by atoms with Crippen molar-refractivity contribution in [2.75, 3.05) is 36.4 Å². The molecule has 0 spiro atoms. The fourth-order valence-corrected chi connectivity index (χ4v) is 3.84. The number of amides is 1. The van der Waals surface area contributed by atoms with E-state index in [1.54, 1.807) is 19.3 Å². The number of nitrogens with one attached hydrogen (secondary N) is 3. The summed E-state index contributed by atoms with van der Waals surface area (Å²) in [5.41, 5.74) is 1.89. The SMILES string of the molecule is Cc1cn2cc(C(=O)Nc3c(F)cc(N4CCNCC4)c4cn[nH]c34)cc(F)c2n1. The van der Waals surface area contributed by atoms with Gasteiger partial charge in [0.2, 0.25) is 0 Å². The van der Waals surface area contributed by atoms with Crippen LogP contribution < -0.4 is 15.5 Å². The summed E-state index contributed by atoms with van der Waals surface area (Å²) in [5, 5.41) is 13.4. The van der Waals surface area contributed by atoms with E-state index in [9.17, 15) is 9.18 Å². The van der Waals surface area contributed by atoms with Crippen LogP contribution in [0.4, 0.5) is 20.2 Å². The molecule has 3 N–H and O–H groups in total. The van der Waals surface area contributed by atoms with Crippen molar-refractivity contribution in [1.29, 1.82) is 0 Å². The number of aromatic amines is 1. The zero-order chi connectivity index (χ0) is 20.8. The lowest BCUT2D eigenvalue weighted by Gasteiger charge is -2.30. The molecular formula is C20H19F2N7O. The van der Waals surface area contributed by atoms with Crippen molar-refractivity contribution in [3.05, 3.63) is 53.6 Å². The molecule has 1 aromatic carbocycles. The van der Waals surface area contributed by atoms with Crippen LogP contribution in [0.25, 0.3) is 16.6 Å². The number of anilines is 2. The van der Waals surface area contributed by atoms with Gasteiger partial charge in [0.1, 0.15) is 5.69 Å². The lowest BCUT2D eigenvalue weighted by atomic mass is 10.1. The fourth-order valence-electron chi connectivity index (χ4n) is 3.84. The van der Waals surface area contributed by atoms with Gasteiger partial charge in [0.05, 0.1) is 28.7 Å². The molecule has 0 aliphatic carbocycles. The largest absolute Gasteiger partial charge is 0.368 e. The molecule has 10 heteroatoms. The van der Waals surface area contributed by atoms with Crippen molar-refractivity contribution in [3.63, 3.8) is 0 Å². The van der Waals surface area contributed by atoms with Crippen LogP contribution in [0, 0.1) is 18.6 Å². The fraction of sp³-hybridized carbons (Fsp3) is 0.250. The summed E-state index contributed by atoms with van der Waals surface area (Å²) in [4.78, 5) is 18.9. The predicted molar refractivity (Wildman–Crippen MR) is 109 cm³/mol. The highest BCUT2D eigenvalue weighted by Gasteiger charge is 2.22. The number of H-pyrrole nitrogens is 1. The van der Waals surface area contributed by atoms with Gasteiger partial charge in [-0.15, -0.1) is 0 Å². The van der Waals surface area contributed by atoms with Gasteiger partial charge in [-0.05, 0) is 13.0 Å². The highest BCUT2D eigenvalue weighted by molar-refractivity contribution is 6.10. The number of piperazine rings is 1. The van der Waals surface area contributed by atoms with Gasteiger partial charge in [0.25, 0.3) is 5.91 Å². The zero-order valence-corrected chi connectivity index (χ0v) is 16.2. The van der Waals surface area contributed by atoms with Crippen molar-refractivity contribution in [1.82, 2.24) is 24.9 Å². The van der Waals surface area contributed by atoms with E-state index in [4.69, 9.17) is 0 Å². The first-order valence-corrected chi connectivity index (χ1v) is 9.59. The third-order valence-corrected chi connectivity index (χ3v) is 5.25. The van der Waals surface area contributed by atoms with Crippen molar-refractivity contribution in [2.24, 2.45) is 0 Å². The molecule has 0 atom stereocenters. The molecule has 1 fully saturated rings. The van der Waals surface area contributed by atoms with Crippen LogP contribution in [0.15, 0.2) is 30.7 Å². The Bertz CT molecular complexity index is 1270. The molecular weight excluding hydrogens is 392 g/mol. The Morgan fingerprint density at radius 3 is 2.77 bits per heavy atom. The Balaban J connectivity index is 1.52. The second kappa shape index (κ2) is 7.06. The van der Waals surface area contributed by atoms with Crippen molar-refractivity contribution in [3.8, 4) is 0 Å². The zero-order valence-electron chi connectivity index (χ0n) is 16.2. The van der Waals surface area contributed by atoms with Gasteiger partial charge in [0, 0.05) is 50.0 Å². The van der Waals surface area contributed by atoms with Crippen LogP contribution in [0.3, 0.4) is 0 Å². The van der Waals surface area contributed by atoms with Crippen LogP contribution >= 0.6 is 0 Å². The maximum atomic E-state index is 15.0. The minimum atomic E-state index is -0.633. The number of halogens is 2. The van der Waals surface area contributed by atoms with Crippen LogP contribution in [0.1, 0.15) is 16.1 Å². The van der Waals surface area contributed by atoms with Crippen LogP contribution in [0.5, 0.6) is 0 Å². The molecule has 0 unspecified atom stereocenters. The van der Waals surface area contributed by atoms with E-state index in [0.29, 0.717) is 16.6 Å². The minimum Gasteiger partial charge on any atom is -0.368 e. The number of benzene rings is 1. The Morgan fingerprint density at radius 2 is 1.97 bits per heavy atom. The molecule has 0 bridgehead atoms. The van der Waals surface area contributed by atoms with Gasteiger partial charge in [-0.25, -0.2) is 13.8 Å². The predicted octanol–water partition coefficient (Wildman–Crippen LogP) is 2.46. The van der Waals surface area contributed by atoms with Gasteiger partial charge in [-0.2, -0.15) is 5.10 Å². The van der Waals surface area contributed by atoms with E-state index in [2.05, 4.69) is 30.7 Å². The monoisotopic (exact) mass is 411 g/mol. The van der Waals surface area contributed by atoms with Crippen molar-refractivity contribution < 1.29 is 13.6 Å². The lowest BCUT2D eigenvalue weighted by molar-refractivity contribution is 0.102. The summed E-state index contributed by atoms with van der Waals surface area (Å²) in [6.07, 6.45) is 4.69. The van der Waals surface area contributed by atoms with Gasteiger partial charge in [-0.1, -0.05) is 0 Å². The molecule has 5 rings (SSSR count). The average Bonchev–Trinajstić information content (AvgIpc) is 3.37. The molecule has 1 aliphatic heterocycles. The number of hydrogen-bond acceptors (Lipinski definition) is 5. The molecule has 1 saturated heterocycles. The molecule has 0 saturated carbocycles. The number of pyridine rings is 1. The van der Waals surface area contributed by atoms with Gasteiger partial charge >= 0.3 is 0 Å². The Kier molecular flexibility index (Phi) is 4.35. The van der Waals surface area contributed by atoms with E-state index in [0.717, 1.165) is 37.9 Å². The molecule has 0 radical (unpaired) electrons. The second-order valence-electron chi connectivity index (χ2n) is 7.29. The minimum absolute atomic E-state index is 0.0197. The molecule has 30 heavy (non-hydrogen) atoms. The average molecular weight is 411 g/mol. The molecule has 4 aromatic rings. The number of carbonyl (C=O) groups excluding carboxylic acids is 1. The lowest BCUT2D eigenvalue weighted by Crippen LogP contribution is -2.43. The van der Waals surface area contributed by atoms with Gasteiger partial charge in [-0.3, -0.25) is 9.89 Å². The summed E-state index contributed by atoms with van der Waals surface area (Å²) in [6, 6.07) is 2.50. The third-order valence-electron chi connectivity index (χ3n) is 5.25. The Labute approximate surface area is 169 Å². The molecule has 8 nitrogen and oxygen atoms in total. The maximum Gasteiger partial charge on any atom is 0.257 e. The molecule has 4 heterocycles. The summed E-state index contributed by atoms with van der Waals surface area (Å²) < 4.78 is 30.8. The number of hydrogen-bond donors (Lipinski definition) is 3. The van der Waals surface area contributed by atoms with Crippen LogP contribution in [-0.4, -0.2) is 51.7 Å². The number of nitrogens with zero attached hydrogens (tertiary/aromatic N) is 4. The number of aromatic nitrogens is 4. The molecule has 1 amide bonds. The second-order valence-corrected chi connectivity index (χ2v) is 7.29. The van der Waals surface area contributed by atoms with E-state index < -0.39 is 17.5 Å². The molecule has 154 valence electrons. The van der Waals surface area contributed by atoms with Gasteiger partial charge < -0.3 is 19.9 Å². The Morgan fingerprint density at radius 1 is 1.17 bits per heavy atom. The third kappa shape index (κ3) is 3.05. The molecule has 1 aliphatic rings. The first-order valence-electron chi connectivity index (χ1n) is 9.59. The number of imidazole rings is 1. The standard InChI is InChI=1S/C20H19F2N7O/c1-11-9-29-10-12(6-15(22)19(29)25-11)20(30)26-18-14(21)7-16(13-8-24-27-17(13)18)28-4-2-23-3-5-28/h6-10,23H,2-5H2,1H3,(H,24,27)(H,26,30). The van der Waals surface area contributed by atoms with Crippen molar-refractivity contribution >= 4 is 33.8 Å². The number of carbonyl (C=O) groups is 1. The van der Waals surface area contributed by atoms with E-state index >= 15 is 4.39 Å². The number of fused-ring (bicyclic) bond motifs is 2. The summed E-state index contributed by atoms with van der Waals surface area (Å²) in [5.74, 6) is -1.85. The smallest absolute Gasteiger partial charge is 0.257 e. The number of rotatable bonds is 3. The highest BCUT2D eigenvalue weighted by atomic mass is 19.1. The highest BCUT2D eigenvalue weighted by Crippen LogP contribution is 2.34. The first-order chi connectivity index (χ1) is 14.5.